The topological polar surface area (TPSA) is 71.3 Å². The molecule has 0 fully saturated rings. The van der Waals surface area contributed by atoms with Crippen LogP contribution in [0.5, 0.6) is 11.5 Å². The van der Waals surface area contributed by atoms with Crippen molar-refractivity contribution in [1.82, 2.24) is 0 Å². The summed E-state index contributed by atoms with van der Waals surface area (Å²) in [4.78, 5) is 12.7. The Morgan fingerprint density at radius 3 is 2.53 bits per heavy atom. The summed E-state index contributed by atoms with van der Waals surface area (Å²) in [6, 6.07) is 18.1. The van der Waals surface area contributed by atoms with Gasteiger partial charge in [-0.15, -0.1) is 0 Å². The Morgan fingerprint density at radius 2 is 1.82 bits per heavy atom. The second-order valence-corrected chi connectivity index (χ2v) is 8.36. The zero-order chi connectivity index (χ0) is 24.7. The van der Waals surface area contributed by atoms with E-state index in [1.165, 1.54) is 6.08 Å². The van der Waals surface area contributed by atoms with Crippen LogP contribution in [0.4, 0.5) is 5.69 Å². The molecule has 7 heteroatoms. The van der Waals surface area contributed by atoms with Crippen molar-refractivity contribution in [1.29, 1.82) is 5.26 Å². The molecule has 0 atom stereocenters. The molecule has 0 aliphatic rings. The fourth-order valence-electron chi connectivity index (χ4n) is 3.18. The van der Waals surface area contributed by atoms with E-state index in [4.69, 9.17) is 32.7 Å². The second-order valence-electron chi connectivity index (χ2n) is 7.55. The second kappa shape index (κ2) is 11.6. The summed E-state index contributed by atoms with van der Waals surface area (Å²) < 4.78 is 11.6. The molecular weight excluding hydrogens is 471 g/mol. The van der Waals surface area contributed by atoms with Crippen molar-refractivity contribution < 1.29 is 14.3 Å². The largest absolute Gasteiger partial charge is 0.490 e. The molecule has 0 aliphatic carbocycles. The monoisotopic (exact) mass is 494 g/mol. The van der Waals surface area contributed by atoms with Gasteiger partial charge < -0.3 is 14.8 Å². The molecule has 0 saturated heterocycles. The number of nitrogens with one attached hydrogen (secondary N) is 1. The van der Waals surface area contributed by atoms with Gasteiger partial charge in [-0.1, -0.05) is 47.5 Å². The lowest BCUT2D eigenvalue weighted by molar-refractivity contribution is -0.112. The SMILES string of the molecule is CCOc1cc(/C=C(\C#N)C(=O)Nc2cccc(C)c2C)ccc1OCc1ccc(Cl)c(Cl)c1. The Bertz CT molecular complexity index is 1280. The van der Waals surface area contributed by atoms with E-state index in [1.54, 1.807) is 30.3 Å². The number of ether oxygens (including phenoxy) is 2. The molecule has 0 heterocycles. The third kappa shape index (κ3) is 6.32. The molecule has 3 aromatic carbocycles. The van der Waals surface area contributed by atoms with E-state index in [9.17, 15) is 10.1 Å². The minimum absolute atomic E-state index is 0.0205. The maximum Gasteiger partial charge on any atom is 0.266 e. The Hall–Kier alpha value is -3.46. The van der Waals surface area contributed by atoms with Gasteiger partial charge in [-0.25, -0.2) is 0 Å². The maximum absolute atomic E-state index is 12.7. The first kappa shape index (κ1) is 25.2. The number of anilines is 1. The number of benzene rings is 3. The molecule has 0 spiro atoms. The summed E-state index contributed by atoms with van der Waals surface area (Å²) in [5, 5.41) is 13.3. The van der Waals surface area contributed by atoms with Gasteiger partial charge in [-0.3, -0.25) is 4.79 Å². The van der Waals surface area contributed by atoms with Crippen LogP contribution in [-0.4, -0.2) is 12.5 Å². The molecule has 0 bridgehead atoms. The first-order valence-corrected chi connectivity index (χ1v) is 11.4. The van der Waals surface area contributed by atoms with Gasteiger partial charge in [0.1, 0.15) is 18.2 Å². The van der Waals surface area contributed by atoms with Crippen molar-refractivity contribution >= 4 is 40.9 Å². The zero-order valence-corrected chi connectivity index (χ0v) is 20.6. The molecule has 0 unspecified atom stereocenters. The van der Waals surface area contributed by atoms with Crippen molar-refractivity contribution in [2.24, 2.45) is 0 Å². The van der Waals surface area contributed by atoms with Gasteiger partial charge in [-0.2, -0.15) is 5.26 Å². The highest BCUT2D eigenvalue weighted by Gasteiger charge is 2.13. The van der Waals surface area contributed by atoms with Gasteiger partial charge in [0.2, 0.25) is 0 Å². The molecule has 0 saturated carbocycles. The highest BCUT2D eigenvalue weighted by Crippen LogP contribution is 2.31. The summed E-state index contributed by atoms with van der Waals surface area (Å²) in [7, 11) is 0. The van der Waals surface area contributed by atoms with Crippen molar-refractivity contribution in [2.75, 3.05) is 11.9 Å². The molecular formula is C27H24Cl2N2O3. The smallest absolute Gasteiger partial charge is 0.266 e. The normalized spacial score (nSPS) is 11.0. The molecule has 5 nitrogen and oxygen atoms in total. The fraction of sp³-hybridized carbons (Fsp3) is 0.185. The van der Waals surface area contributed by atoms with Crippen LogP contribution in [-0.2, 0) is 11.4 Å². The molecule has 0 aromatic heterocycles. The Labute approximate surface area is 209 Å². The minimum atomic E-state index is -0.478. The van der Waals surface area contributed by atoms with Gasteiger partial charge in [0.25, 0.3) is 5.91 Å². The lowest BCUT2D eigenvalue weighted by atomic mass is 10.1. The maximum atomic E-state index is 12.7. The summed E-state index contributed by atoms with van der Waals surface area (Å²) >= 11 is 12.0. The number of carbonyl (C=O) groups is 1. The number of rotatable bonds is 8. The van der Waals surface area contributed by atoms with Gasteiger partial charge in [0, 0.05) is 5.69 Å². The quantitative estimate of drug-likeness (QED) is 0.267. The van der Waals surface area contributed by atoms with Crippen LogP contribution in [0, 0.1) is 25.2 Å². The standard InChI is InChI=1S/C27H24Cl2N2O3/c1-4-33-26-14-19(9-11-25(26)34-16-20-8-10-22(28)23(29)13-20)12-21(15-30)27(32)31-24-7-5-6-17(2)18(24)3/h5-14H,4,16H2,1-3H3,(H,31,32)/b21-12+. The van der Waals surface area contributed by atoms with E-state index in [1.807, 2.05) is 51.1 Å². The van der Waals surface area contributed by atoms with Crippen LogP contribution < -0.4 is 14.8 Å². The lowest BCUT2D eigenvalue weighted by Crippen LogP contribution is -2.14. The summed E-state index contributed by atoms with van der Waals surface area (Å²) in [6.45, 7) is 6.45. The number of hydrogen-bond donors (Lipinski definition) is 1. The lowest BCUT2D eigenvalue weighted by Gasteiger charge is -2.13. The summed E-state index contributed by atoms with van der Waals surface area (Å²) in [6.07, 6.45) is 1.52. The number of nitrogens with zero attached hydrogens (tertiary/aromatic N) is 1. The highest BCUT2D eigenvalue weighted by atomic mass is 35.5. The Balaban J connectivity index is 1.80. The minimum Gasteiger partial charge on any atom is -0.490 e. The zero-order valence-electron chi connectivity index (χ0n) is 19.1. The van der Waals surface area contributed by atoms with Crippen molar-refractivity contribution in [3.63, 3.8) is 0 Å². The van der Waals surface area contributed by atoms with E-state index in [0.29, 0.717) is 39.4 Å². The molecule has 3 aromatic rings. The molecule has 34 heavy (non-hydrogen) atoms. The average Bonchev–Trinajstić information content (AvgIpc) is 2.82. The number of aryl methyl sites for hydroxylation is 1. The van der Waals surface area contributed by atoms with Crippen molar-refractivity contribution in [2.45, 2.75) is 27.4 Å². The van der Waals surface area contributed by atoms with Crippen molar-refractivity contribution in [3.05, 3.63) is 92.5 Å². The van der Waals surface area contributed by atoms with Crippen LogP contribution in [0.15, 0.2) is 60.2 Å². The number of halogens is 2. The average molecular weight is 495 g/mol. The van der Waals surface area contributed by atoms with E-state index in [0.717, 1.165) is 16.7 Å². The molecule has 0 radical (unpaired) electrons. The number of hydrogen-bond acceptors (Lipinski definition) is 4. The van der Waals surface area contributed by atoms with E-state index in [-0.39, 0.29) is 12.2 Å². The Morgan fingerprint density at radius 1 is 1.03 bits per heavy atom. The van der Waals surface area contributed by atoms with E-state index >= 15 is 0 Å². The van der Waals surface area contributed by atoms with Gasteiger partial charge in [0.15, 0.2) is 11.5 Å². The van der Waals surface area contributed by atoms with Crippen LogP contribution in [0.2, 0.25) is 10.0 Å². The predicted octanol–water partition coefficient (Wildman–Crippen LogP) is 7.13. The fourth-order valence-corrected chi connectivity index (χ4v) is 3.50. The highest BCUT2D eigenvalue weighted by molar-refractivity contribution is 6.42. The van der Waals surface area contributed by atoms with Crippen LogP contribution >= 0.6 is 23.2 Å². The molecule has 1 amide bonds. The van der Waals surface area contributed by atoms with Gasteiger partial charge in [-0.05, 0) is 79.4 Å². The first-order valence-electron chi connectivity index (χ1n) is 10.6. The number of carbonyl (C=O) groups excluding carboxylic acids is 1. The number of amides is 1. The van der Waals surface area contributed by atoms with Gasteiger partial charge in [0.05, 0.1) is 16.7 Å². The van der Waals surface area contributed by atoms with E-state index < -0.39 is 5.91 Å². The van der Waals surface area contributed by atoms with Crippen molar-refractivity contribution in [3.8, 4) is 17.6 Å². The summed E-state index contributed by atoms with van der Waals surface area (Å²) in [5.74, 6) is 0.557. The first-order chi connectivity index (χ1) is 16.3. The predicted molar refractivity (Wildman–Crippen MR) is 137 cm³/mol. The van der Waals surface area contributed by atoms with Gasteiger partial charge >= 0.3 is 0 Å². The molecule has 0 aliphatic heterocycles. The Kier molecular flexibility index (Phi) is 8.59. The van der Waals surface area contributed by atoms with Crippen LogP contribution in [0.1, 0.15) is 29.2 Å². The van der Waals surface area contributed by atoms with Crippen LogP contribution in [0.3, 0.4) is 0 Å². The molecule has 174 valence electrons. The molecule has 3 rings (SSSR count). The molecule has 1 N–H and O–H groups in total. The third-order valence-electron chi connectivity index (χ3n) is 5.17. The third-order valence-corrected chi connectivity index (χ3v) is 5.91. The summed E-state index contributed by atoms with van der Waals surface area (Å²) in [5.41, 5.74) is 4.15. The van der Waals surface area contributed by atoms with Crippen LogP contribution in [0.25, 0.3) is 6.08 Å². The number of nitriles is 1. The van der Waals surface area contributed by atoms with E-state index in [2.05, 4.69) is 5.32 Å².